The number of ketones is 1. The number of hydrogen-bond donors (Lipinski definition) is 0. The van der Waals surface area contributed by atoms with Crippen LogP contribution in [-0.4, -0.2) is 23.8 Å². The molecule has 2 rings (SSSR count). The number of benzene rings is 1. The molecule has 1 unspecified atom stereocenters. The largest absolute Gasteiger partial charge is 0.468 e. The molecule has 0 fully saturated rings. The highest BCUT2D eigenvalue weighted by molar-refractivity contribution is 6.12. The average Bonchev–Trinajstić information content (AvgIpc) is 2.50. The fourth-order valence-corrected chi connectivity index (χ4v) is 1.85. The number of ether oxygens (including phenoxy) is 1. The van der Waals surface area contributed by atoms with Crippen molar-refractivity contribution in [2.75, 3.05) is 7.11 Å². The second-order valence-electron chi connectivity index (χ2n) is 4.11. The molecule has 4 nitrogen and oxygen atoms in total. The van der Waals surface area contributed by atoms with E-state index in [9.17, 15) is 14.0 Å². The zero-order chi connectivity index (χ0) is 14.5. The Hall–Kier alpha value is -2.56. The van der Waals surface area contributed by atoms with E-state index in [1.807, 2.05) is 0 Å². The first kappa shape index (κ1) is 13.9. The predicted octanol–water partition coefficient (Wildman–Crippen LogP) is 2.36. The first-order chi connectivity index (χ1) is 9.63. The van der Waals surface area contributed by atoms with Crippen LogP contribution in [0, 0.1) is 5.82 Å². The Labute approximate surface area is 115 Å². The third kappa shape index (κ3) is 2.88. The Balaban J connectivity index is 2.40. The van der Waals surface area contributed by atoms with Crippen LogP contribution in [0.15, 0.2) is 48.8 Å². The number of carbonyl (C=O) groups is 2. The summed E-state index contributed by atoms with van der Waals surface area (Å²) in [7, 11) is 1.21. The van der Waals surface area contributed by atoms with Crippen LogP contribution in [0.25, 0.3) is 0 Å². The Kier molecular flexibility index (Phi) is 4.20. The molecule has 0 aliphatic carbocycles. The number of nitrogens with zero attached hydrogens (tertiary/aromatic N) is 1. The minimum absolute atomic E-state index is 0.347. The van der Waals surface area contributed by atoms with Gasteiger partial charge in [-0.25, -0.2) is 4.39 Å². The number of halogens is 1. The summed E-state index contributed by atoms with van der Waals surface area (Å²) in [4.78, 5) is 28.1. The summed E-state index contributed by atoms with van der Waals surface area (Å²) in [5.41, 5.74) is 0.736. The van der Waals surface area contributed by atoms with E-state index < -0.39 is 23.5 Å². The zero-order valence-corrected chi connectivity index (χ0v) is 10.7. The number of carbonyl (C=O) groups excluding carboxylic acids is 2. The van der Waals surface area contributed by atoms with Crippen molar-refractivity contribution in [2.45, 2.75) is 5.92 Å². The van der Waals surface area contributed by atoms with Crippen molar-refractivity contribution in [3.63, 3.8) is 0 Å². The monoisotopic (exact) mass is 273 g/mol. The Morgan fingerprint density at radius 1 is 1.10 bits per heavy atom. The minimum Gasteiger partial charge on any atom is -0.468 e. The topological polar surface area (TPSA) is 56.3 Å². The van der Waals surface area contributed by atoms with Crippen LogP contribution < -0.4 is 0 Å². The smallest absolute Gasteiger partial charge is 0.321 e. The first-order valence-electron chi connectivity index (χ1n) is 5.91. The molecule has 102 valence electrons. The van der Waals surface area contributed by atoms with Crippen molar-refractivity contribution in [1.29, 1.82) is 0 Å². The molecule has 0 spiro atoms. The van der Waals surface area contributed by atoms with Gasteiger partial charge in [0.25, 0.3) is 0 Å². The summed E-state index contributed by atoms with van der Waals surface area (Å²) < 4.78 is 17.6. The molecule has 0 amide bonds. The number of esters is 1. The van der Waals surface area contributed by atoms with Gasteiger partial charge in [-0.05, 0) is 29.8 Å². The highest BCUT2D eigenvalue weighted by Crippen LogP contribution is 2.22. The van der Waals surface area contributed by atoms with Gasteiger partial charge < -0.3 is 4.74 Å². The molecule has 1 heterocycles. The van der Waals surface area contributed by atoms with Crippen molar-refractivity contribution in [3.05, 3.63) is 65.7 Å². The highest BCUT2D eigenvalue weighted by atomic mass is 19.1. The molecule has 0 saturated carbocycles. The fraction of sp³-hybridized carbons (Fsp3) is 0.133. The van der Waals surface area contributed by atoms with Gasteiger partial charge in [0.15, 0.2) is 5.78 Å². The third-order valence-electron chi connectivity index (χ3n) is 2.87. The van der Waals surface area contributed by atoms with E-state index in [4.69, 9.17) is 0 Å². The number of Topliss-reactive ketones (excluding diaryl/α,β-unsaturated/α-hetero) is 1. The molecule has 0 radical (unpaired) electrons. The van der Waals surface area contributed by atoms with E-state index in [1.165, 1.54) is 55.9 Å². The maximum absolute atomic E-state index is 12.9. The van der Waals surface area contributed by atoms with Gasteiger partial charge in [0, 0.05) is 18.0 Å². The number of hydrogen-bond acceptors (Lipinski definition) is 4. The highest BCUT2D eigenvalue weighted by Gasteiger charge is 2.30. The van der Waals surface area contributed by atoms with Crippen molar-refractivity contribution >= 4 is 11.8 Å². The van der Waals surface area contributed by atoms with E-state index >= 15 is 0 Å². The SMILES string of the molecule is COC(=O)C(C(=O)c1ccncc1)c1ccc(F)cc1. The van der Waals surface area contributed by atoms with E-state index in [1.54, 1.807) is 0 Å². The molecule has 1 aromatic heterocycles. The maximum Gasteiger partial charge on any atom is 0.321 e. The normalized spacial score (nSPS) is 11.7. The number of rotatable bonds is 4. The first-order valence-corrected chi connectivity index (χ1v) is 5.91. The van der Waals surface area contributed by atoms with Gasteiger partial charge >= 0.3 is 5.97 Å². The predicted molar refractivity (Wildman–Crippen MR) is 69.7 cm³/mol. The molecular weight excluding hydrogens is 261 g/mol. The van der Waals surface area contributed by atoms with Gasteiger partial charge in [-0.2, -0.15) is 0 Å². The van der Waals surface area contributed by atoms with Crippen LogP contribution >= 0.6 is 0 Å². The maximum atomic E-state index is 12.9. The Morgan fingerprint density at radius 3 is 2.25 bits per heavy atom. The third-order valence-corrected chi connectivity index (χ3v) is 2.87. The zero-order valence-electron chi connectivity index (χ0n) is 10.7. The second kappa shape index (κ2) is 6.06. The quantitative estimate of drug-likeness (QED) is 0.487. The molecule has 20 heavy (non-hydrogen) atoms. The van der Waals surface area contributed by atoms with Crippen molar-refractivity contribution in [3.8, 4) is 0 Å². The number of pyridine rings is 1. The molecule has 5 heteroatoms. The van der Waals surface area contributed by atoms with Gasteiger partial charge in [-0.1, -0.05) is 12.1 Å². The lowest BCUT2D eigenvalue weighted by Gasteiger charge is -2.14. The summed E-state index contributed by atoms with van der Waals surface area (Å²) in [5, 5.41) is 0. The molecule has 0 saturated heterocycles. The Bertz CT molecular complexity index is 611. The summed E-state index contributed by atoms with van der Waals surface area (Å²) in [6.07, 6.45) is 2.93. The van der Waals surface area contributed by atoms with Crippen LogP contribution in [0.3, 0.4) is 0 Å². The van der Waals surface area contributed by atoms with Gasteiger partial charge in [0.1, 0.15) is 11.7 Å². The summed E-state index contributed by atoms with van der Waals surface area (Å²) in [5.74, 6) is -2.64. The lowest BCUT2D eigenvalue weighted by atomic mass is 9.91. The molecular formula is C15H12FNO3. The van der Waals surface area contributed by atoms with Crippen LogP contribution in [0.1, 0.15) is 21.8 Å². The summed E-state index contributed by atoms with van der Waals surface area (Å²) in [6, 6.07) is 8.23. The van der Waals surface area contributed by atoms with E-state index in [0.29, 0.717) is 11.1 Å². The Morgan fingerprint density at radius 2 is 1.70 bits per heavy atom. The number of methoxy groups -OCH3 is 1. The molecule has 1 aromatic carbocycles. The summed E-state index contributed by atoms with van der Waals surface area (Å²) >= 11 is 0. The average molecular weight is 273 g/mol. The van der Waals surface area contributed by atoms with Crippen LogP contribution in [0.4, 0.5) is 4.39 Å². The van der Waals surface area contributed by atoms with E-state index in [0.717, 1.165) is 0 Å². The van der Waals surface area contributed by atoms with Crippen LogP contribution in [-0.2, 0) is 9.53 Å². The van der Waals surface area contributed by atoms with Gasteiger partial charge in [-0.3, -0.25) is 14.6 Å². The molecule has 1 atom stereocenters. The van der Waals surface area contributed by atoms with Gasteiger partial charge in [-0.15, -0.1) is 0 Å². The standard InChI is InChI=1S/C15H12FNO3/c1-20-15(19)13(10-2-4-12(16)5-3-10)14(18)11-6-8-17-9-7-11/h2-9,13H,1H3. The van der Waals surface area contributed by atoms with Gasteiger partial charge in [0.05, 0.1) is 7.11 Å². The van der Waals surface area contributed by atoms with Crippen LogP contribution in [0.5, 0.6) is 0 Å². The molecule has 0 aliphatic rings. The summed E-state index contributed by atoms with van der Waals surface area (Å²) in [6.45, 7) is 0. The van der Waals surface area contributed by atoms with Crippen LogP contribution in [0.2, 0.25) is 0 Å². The number of aromatic nitrogens is 1. The van der Waals surface area contributed by atoms with E-state index in [2.05, 4.69) is 9.72 Å². The lowest BCUT2D eigenvalue weighted by Crippen LogP contribution is -2.23. The van der Waals surface area contributed by atoms with Gasteiger partial charge in [0.2, 0.25) is 0 Å². The van der Waals surface area contributed by atoms with E-state index in [-0.39, 0.29) is 0 Å². The van der Waals surface area contributed by atoms with Crippen molar-refractivity contribution in [2.24, 2.45) is 0 Å². The van der Waals surface area contributed by atoms with Crippen molar-refractivity contribution < 1.29 is 18.7 Å². The molecule has 0 N–H and O–H groups in total. The molecule has 0 aliphatic heterocycles. The molecule has 0 bridgehead atoms. The van der Waals surface area contributed by atoms with Crippen molar-refractivity contribution in [1.82, 2.24) is 4.98 Å². The fourth-order valence-electron chi connectivity index (χ4n) is 1.85. The second-order valence-corrected chi connectivity index (χ2v) is 4.11. The lowest BCUT2D eigenvalue weighted by molar-refractivity contribution is -0.141. The minimum atomic E-state index is -1.11. The molecule has 2 aromatic rings.